The van der Waals surface area contributed by atoms with E-state index < -0.39 is 12.1 Å². The number of fused-ring (bicyclic) bond motifs is 6. The lowest BCUT2D eigenvalue weighted by Crippen LogP contribution is -2.30. The van der Waals surface area contributed by atoms with Crippen LogP contribution in [0.25, 0.3) is 43.6 Å². The summed E-state index contributed by atoms with van der Waals surface area (Å²) in [4.78, 5) is 16.4. The Morgan fingerprint density at radius 2 is 1.49 bits per heavy atom. The van der Waals surface area contributed by atoms with Crippen molar-refractivity contribution >= 4 is 44.2 Å². The van der Waals surface area contributed by atoms with Crippen LogP contribution in [0, 0.1) is 0 Å². The molecule has 4 aromatic carbocycles. The van der Waals surface area contributed by atoms with Gasteiger partial charge in [-0.05, 0) is 82.1 Å². The standard InChI is InChI=1S/C29H21F3N2O/c30-29(31,32)28(35)34-27-25(15-18-8-2-6-12-26(18)33-27)24-16-23-19-9-3-1-7-17(19)13-14-22(23)20-10-4-5-11-21(20)24/h2,4-6,8,10-16H,1,3,7,9H2,(H,33,34,35). The van der Waals surface area contributed by atoms with Gasteiger partial charge in [0.25, 0.3) is 0 Å². The lowest BCUT2D eigenvalue weighted by molar-refractivity contribution is -0.167. The van der Waals surface area contributed by atoms with Crippen LogP contribution in [0.2, 0.25) is 0 Å². The van der Waals surface area contributed by atoms with Crippen molar-refractivity contribution in [2.75, 3.05) is 5.32 Å². The van der Waals surface area contributed by atoms with Crippen molar-refractivity contribution in [2.24, 2.45) is 0 Å². The van der Waals surface area contributed by atoms with Gasteiger partial charge in [-0.1, -0.05) is 54.6 Å². The van der Waals surface area contributed by atoms with E-state index in [0.717, 1.165) is 58.2 Å². The Hall–Kier alpha value is -3.93. The smallest absolute Gasteiger partial charge is 0.302 e. The van der Waals surface area contributed by atoms with Gasteiger partial charge in [0, 0.05) is 10.9 Å². The Balaban J connectivity index is 1.69. The Morgan fingerprint density at radius 3 is 2.31 bits per heavy atom. The lowest BCUT2D eigenvalue weighted by atomic mass is 9.84. The minimum atomic E-state index is -5.02. The van der Waals surface area contributed by atoms with Crippen LogP contribution >= 0.6 is 0 Å². The molecule has 6 heteroatoms. The zero-order valence-electron chi connectivity index (χ0n) is 18.7. The van der Waals surface area contributed by atoms with Crippen LogP contribution in [0.15, 0.2) is 72.8 Å². The van der Waals surface area contributed by atoms with E-state index in [9.17, 15) is 18.0 Å². The Morgan fingerprint density at radius 1 is 0.771 bits per heavy atom. The molecule has 1 N–H and O–H groups in total. The topological polar surface area (TPSA) is 42.0 Å². The van der Waals surface area contributed by atoms with Gasteiger partial charge in [-0.2, -0.15) is 13.2 Å². The molecule has 0 saturated carbocycles. The molecule has 1 aromatic heterocycles. The fourth-order valence-electron chi connectivity index (χ4n) is 5.25. The minimum absolute atomic E-state index is 0.0969. The molecule has 0 aliphatic heterocycles. The molecule has 0 bridgehead atoms. The molecule has 5 aromatic rings. The molecule has 0 spiro atoms. The van der Waals surface area contributed by atoms with E-state index >= 15 is 0 Å². The predicted octanol–water partition coefficient (Wildman–Crippen LogP) is 7.59. The number of nitrogens with zero attached hydrogens (tertiary/aromatic N) is 1. The first kappa shape index (κ1) is 21.6. The van der Waals surface area contributed by atoms with Crippen molar-refractivity contribution in [3.8, 4) is 11.1 Å². The van der Waals surface area contributed by atoms with Crippen LogP contribution in [-0.4, -0.2) is 17.1 Å². The SMILES string of the molecule is O=C(Nc1nc2ccccc2cc1-c1cc2c3c(ccc2c2ccccc12)CCCC3)C(F)(F)F. The fourth-order valence-corrected chi connectivity index (χ4v) is 5.25. The number of halogens is 3. The fraction of sp³-hybridized carbons (Fsp3) is 0.172. The number of nitrogens with one attached hydrogen (secondary N) is 1. The molecule has 1 aliphatic rings. The second kappa shape index (κ2) is 8.08. The van der Waals surface area contributed by atoms with E-state index in [0.29, 0.717) is 11.1 Å². The third-order valence-electron chi connectivity index (χ3n) is 6.88. The summed E-state index contributed by atoms with van der Waals surface area (Å²) >= 11 is 0. The number of carbonyl (C=O) groups is 1. The first-order valence-corrected chi connectivity index (χ1v) is 11.6. The predicted molar refractivity (Wildman–Crippen MR) is 134 cm³/mol. The summed E-state index contributed by atoms with van der Waals surface area (Å²) in [7, 11) is 0. The molecule has 1 heterocycles. The quantitative estimate of drug-likeness (QED) is 0.270. The number of aryl methyl sites for hydroxylation is 2. The number of para-hydroxylation sites is 1. The molecular formula is C29H21F3N2O. The summed E-state index contributed by atoms with van der Waals surface area (Å²) < 4.78 is 39.6. The maximum atomic E-state index is 13.2. The molecule has 0 unspecified atom stereocenters. The number of hydrogen-bond donors (Lipinski definition) is 1. The van der Waals surface area contributed by atoms with E-state index in [1.807, 2.05) is 47.8 Å². The van der Waals surface area contributed by atoms with Gasteiger partial charge in [0.2, 0.25) is 0 Å². The molecule has 6 rings (SSSR count). The summed E-state index contributed by atoms with van der Waals surface area (Å²) in [5.41, 5.74) is 4.36. The molecule has 0 radical (unpaired) electrons. The molecule has 1 aliphatic carbocycles. The van der Waals surface area contributed by atoms with E-state index in [4.69, 9.17) is 0 Å². The van der Waals surface area contributed by atoms with Crippen LogP contribution < -0.4 is 5.32 Å². The third kappa shape index (κ3) is 3.70. The highest BCUT2D eigenvalue weighted by Gasteiger charge is 2.39. The molecule has 0 fully saturated rings. The van der Waals surface area contributed by atoms with Crippen LogP contribution in [0.4, 0.5) is 19.0 Å². The molecule has 1 amide bonds. The minimum Gasteiger partial charge on any atom is -0.302 e. The molecule has 174 valence electrons. The number of benzene rings is 4. The molecule has 3 nitrogen and oxygen atoms in total. The highest BCUT2D eigenvalue weighted by molar-refractivity contribution is 6.16. The van der Waals surface area contributed by atoms with Gasteiger partial charge in [-0.25, -0.2) is 4.98 Å². The summed E-state index contributed by atoms with van der Waals surface area (Å²) in [6, 6.07) is 23.3. The number of aromatic nitrogens is 1. The first-order valence-electron chi connectivity index (χ1n) is 11.6. The number of rotatable bonds is 2. The Kier molecular flexibility index (Phi) is 4.99. The summed E-state index contributed by atoms with van der Waals surface area (Å²) in [6.45, 7) is 0. The van der Waals surface area contributed by atoms with Crippen molar-refractivity contribution in [2.45, 2.75) is 31.9 Å². The molecular weight excluding hydrogens is 449 g/mol. The second-order valence-corrected chi connectivity index (χ2v) is 9.00. The summed E-state index contributed by atoms with van der Waals surface area (Å²) in [6.07, 6.45) is -0.759. The van der Waals surface area contributed by atoms with Crippen LogP contribution in [0.5, 0.6) is 0 Å². The average molecular weight is 470 g/mol. The third-order valence-corrected chi connectivity index (χ3v) is 6.88. The van der Waals surface area contributed by atoms with Gasteiger partial charge in [-0.15, -0.1) is 0 Å². The Bertz CT molecular complexity index is 1640. The van der Waals surface area contributed by atoms with Gasteiger partial charge in [0.15, 0.2) is 0 Å². The lowest BCUT2D eigenvalue weighted by Gasteiger charge is -2.21. The van der Waals surface area contributed by atoms with Crippen molar-refractivity contribution in [3.63, 3.8) is 0 Å². The van der Waals surface area contributed by atoms with Crippen LogP contribution in [0.3, 0.4) is 0 Å². The van der Waals surface area contributed by atoms with Crippen molar-refractivity contribution in [3.05, 3.63) is 83.9 Å². The maximum absolute atomic E-state index is 13.2. The van der Waals surface area contributed by atoms with Crippen LogP contribution in [-0.2, 0) is 17.6 Å². The second-order valence-electron chi connectivity index (χ2n) is 9.00. The highest BCUT2D eigenvalue weighted by Crippen LogP contribution is 2.41. The number of carbonyl (C=O) groups excluding carboxylic acids is 1. The average Bonchev–Trinajstić information content (AvgIpc) is 2.87. The normalized spacial score (nSPS) is 13.8. The van der Waals surface area contributed by atoms with Gasteiger partial charge in [0.05, 0.1) is 5.52 Å². The Labute approximate surface area is 199 Å². The summed E-state index contributed by atoms with van der Waals surface area (Å²) in [5, 5.41) is 6.98. The van der Waals surface area contributed by atoms with Gasteiger partial charge in [-0.3, -0.25) is 4.79 Å². The number of anilines is 1. The molecule has 35 heavy (non-hydrogen) atoms. The van der Waals surface area contributed by atoms with Gasteiger partial charge >= 0.3 is 12.1 Å². The molecule has 0 saturated heterocycles. The van der Waals surface area contributed by atoms with Crippen molar-refractivity contribution in [1.29, 1.82) is 0 Å². The zero-order valence-corrected chi connectivity index (χ0v) is 18.7. The van der Waals surface area contributed by atoms with Gasteiger partial charge in [0.1, 0.15) is 5.82 Å². The number of hydrogen-bond acceptors (Lipinski definition) is 2. The highest BCUT2D eigenvalue weighted by atomic mass is 19.4. The van der Waals surface area contributed by atoms with Gasteiger partial charge < -0.3 is 5.32 Å². The summed E-state index contributed by atoms with van der Waals surface area (Å²) in [5.74, 6) is -2.13. The largest absolute Gasteiger partial charge is 0.471 e. The maximum Gasteiger partial charge on any atom is 0.471 e. The van der Waals surface area contributed by atoms with Crippen molar-refractivity contribution in [1.82, 2.24) is 4.98 Å². The number of pyridine rings is 1. The monoisotopic (exact) mass is 470 g/mol. The van der Waals surface area contributed by atoms with E-state index in [1.165, 1.54) is 11.1 Å². The van der Waals surface area contributed by atoms with E-state index in [1.54, 1.807) is 12.1 Å². The van der Waals surface area contributed by atoms with E-state index in [2.05, 4.69) is 23.2 Å². The zero-order chi connectivity index (χ0) is 24.2. The van der Waals surface area contributed by atoms with Crippen LogP contribution in [0.1, 0.15) is 24.0 Å². The first-order chi connectivity index (χ1) is 16.9. The molecule has 0 atom stereocenters. The number of alkyl halides is 3. The van der Waals surface area contributed by atoms with E-state index in [-0.39, 0.29) is 5.82 Å². The number of amides is 1. The van der Waals surface area contributed by atoms with Crippen molar-refractivity contribution < 1.29 is 18.0 Å².